The third kappa shape index (κ3) is 22.4. The number of allylic oxidation sites excluding steroid dienone is 2. The molecule has 2 fully saturated rings. The molecule has 1 saturated carbocycles. The number of nitrogens with zero attached hydrogens (tertiary/aromatic N) is 2. The number of carbonyl (C=O) groups is 2. The van der Waals surface area contributed by atoms with Gasteiger partial charge in [0.1, 0.15) is 6.04 Å². The molecule has 1 saturated heterocycles. The fourth-order valence-electron chi connectivity index (χ4n) is 9.31. The van der Waals surface area contributed by atoms with Crippen LogP contribution in [0, 0.1) is 5.92 Å². The van der Waals surface area contributed by atoms with E-state index in [0.717, 1.165) is 71.0 Å². The van der Waals surface area contributed by atoms with E-state index in [1.807, 2.05) is 0 Å². The van der Waals surface area contributed by atoms with Gasteiger partial charge in [-0.1, -0.05) is 181 Å². The molecule has 0 aromatic carbocycles. The van der Waals surface area contributed by atoms with Gasteiger partial charge in [-0.25, -0.2) is 0 Å². The molecule has 0 aromatic rings. The first-order valence-electron chi connectivity index (χ1n) is 24.5. The Morgan fingerprint density at radius 3 is 1.56 bits per heavy atom. The molecule has 316 valence electrons. The van der Waals surface area contributed by atoms with Crippen molar-refractivity contribution in [3.8, 4) is 0 Å². The molecule has 1 atom stereocenters. The first-order valence-corrected chi connectivity index (χ1v) is 24.5. The van der Waals surface area contributed by atoms with Gasteiger partial charge in [-0.3, -0.25) is 9.59 Å². The normalized spacial score (nSPS) is 17.0. The first kappa shape index (κ1) is 48.8. The third-order valence-electron chi connectivity index (χ3n) is 12.9. The zero-order valence-corrected chi connectivity index (χ0v) is 36.8. The van der Waals surface area contributed by atoms with Crippen LogP contribution in [0.2, 0.25) is 0 Å². The number of hydrogen-bond acceptors (Lipinski definition) is 3. The smallest absolute Gasteiger partial charge is 0.243 e. The van der Waals surface area contributed by atoms with Crippen LogP contribution in [-0.4, -0.2) is 59.4 Å². The molecule has 1 unspecified atom stereocenters. The van der Waals surface area contributed by atoms with Crippen molar-refractivity contribution >= 4 is 11.8 Å². The summed E-state index contributed by atoms with van der Waals surface area (Å²) in [5, 5.41) is 3.61. The minimum absolute atomic E-state index is 0.178. The first-order chi connectivity index (χ1) is 26.5. The van der Waals surface area contributed by atoms with Crippen LogP contribution in [0.3, 0.4) is 0 Å². The Morgan fingerprint density at radius 2 is 1.06 bits per heavy atom. The second kappa shape index (κ2) is 33.7. The fourth-order valence-corrected chi connectivity index (χ4v) is 9.31. The molecular weight excluding hydrogens is 663 g/mol. The van der Waals surface area contributed by atoms with Gasteiger partial charge >= 0.3 is 0 Å². The van der Waals surface area contributed by atoms with E-state index in [9.17, 15) is 9.59 Å². The van der Waals surface area contributed by atoms with Gasteiger partial charge in [0.15, 0.2) is 0 Å². The third-order valence-corrected chi connectivity index (χ3v) is 12.9. The maximum Gasteiger partial charge on any atom is 0.243 e. The quantitative estimate of drug-likeness (QED) is 0.0412. The molecule has 0 bridgehead atoms. The summed E-state index contributed by atoms with van der Waals surface area (Å²) in [4.78, 5) is 34.3. The highest BCUT2D eigenvalue weighted by molar-refractivity contribution is 5.88. The van der Waals surface area contributed by atoms with Crippen LogP contribution < -0.4 is 5.32 Å². The number of piperidine rings is 1. The van der Waals surface area contributed by atoms with Crippen LogP contribution in [0.15, 0.2) is 12.2 Å². The number of likely N-dealkylation sites (tertiary alicyclic amines) is 1. The molecule has 0 spiro atoms. The molecule has 54 heavy (non-hydrogen) atoms. The van der Waals surface area contributed by atoms with E-state index in [0.29, 0.717) is 6.42 Å². The Hall–Kier alpha value is -1.36. The van der Waals surface area contributed by atoms with Crippen molar-refractivity contribution in [3.05, 3.63) is 12.2 Å². The molecule has 1 aliphatic carbocycles. The van der Waals surface area contributed by atoms with E-state index < -0.39 is 0 Å². The van der Waals surface area contributed by atoms with E-state index in [1.54, 1.807) is 0 Å². The number of unbranched alkanes of at least 4 members (excludes halogenated alkanes) is 19. The molecule has 2 rings (SSSR count). The number of rotatable bonds is 33. The minimum Gasteiger partial charge on any atom is -0.352 e. The summed E-state index contributed by atoms with van der Waals surface area (Å²) < 4.78 is 0. The van der Waals surface area contributed by atoms with E-state index >= 15 is 0 Å². The van der Waals surface area contributed by atoms with Crippen molar-refractivity contribution in [1.82, 2.24) is 15.1 Å². The lowest BCUT2D eigenvalue weighted by Gasteiger charge is -2.44. The lowest BCUT2D eigenvalue weighted by Crippen LogP contribution is -2.59. The Bertz CT molecular complexity index is 891. The lowest BCUT2D eigenvalue weighted by molar-refractivity contribution is -0.147. The predicted molar refractivity (Wildman–Crippen MR) is 235 cm³/mol. The van der Waals surface area contributed by atoms with Crippen LogP contribution in [0.5, 0.6) is 0 Å². The summed E-state index contributed by atoms with van der Waals surface area (Å²) in [6.07, 6.45) is 45.6. The number of hydrogen-bond donors (Lipinski definition) is 1. The highest BCUT2D eigenvalue weighted by atomic mass is 16.2. The van der Waals surface area contributed by atoms with Crippen LogP contribution >= 0.6 is 0 Å². The molecule has 5 heteroatoms. The van der Waals surface area contributed by atoms with Gasteiger partial charge in [0.05, 0.1) is 0 Å². The fraction of sp³-hybridized carbons (Fsp3) is 0.918. The average Bonchev–Trinajstić information content (AvgIpc) is 3.46. The minimum atomic E-state index is -0.320. The van der Waals surface area contributed by atoms with Gasteiger partial charge < -0.3 is 15.1 Å². The van der Waals surface area contributed by atoms with Gasteiger partial charge in [-0.2, -0.15) is 0 Å². The molecule has 1 N–H and O–H groups in total. The van der Waals surface area contributed by atoms with Crippen molar-refractivity contribution in [3.63, 3.8) is 0 Å². The highest BCUT2D eigenvalue weighted by Crippen LogP contribution is 2.31. The second-order valence-electron chi connectivity index (χ2n) is 17.6. The molecule has 2 amide bonds. The SMILES string of the molecule is CCCCCCCC/C=C\CCCCCCCC(=O)N(C(CCCCCCC)CCCCCCC)C(C(=O)NC1CCCCCC1)C1CCN(CC)CC1. The standard InChI is InChI=1S/C49H93N3O2/c1-5-9-12-15-16-17-18-19-20-21-22-23-24-27-34-39-47(53)52(46(37-32-25-13-10-6-2)38-33-26-14-11-7-3)48(44-40-42-51(8-4)43-41-44)49(54)50-45-35-30-28-29-31-36-45/h19-20,44-46,48H,5-18,21-43H2,1-4H3,(H,50,54)/b20-19-. The number of nitrogens with one attached hydrogen (secondary N) is 1. The van der Waals surface area contributed by atoms with E-state index in [1.165, 1.54) is 161 Å². The summed E-state index contributed by atoms with van der Waals surface area (Å²) in [6.45, 7) is 12.3. The van der Waals surface area contributed by atoms with Gasteiger partial charge in [-0.15, -0.1) is 0 Å². The number of amides is 2. The molecule has 0 aromatic heterocycles. The number of carbonyl (C=O) groups excluding carboxylic acids is 2. The summed E-state index contributed by atoms with van der Waals surface area (Å²) in [7, 11) is 0. The Morgan fingerprint density at radius 1 is 0.593 bits per heavy atom. The molecule has 2 aliphatic rings. The monoisotopic (exact) mass is 756 g/mol. The van der Waals surface area contributed by atoms with Crippen molar-refractivity contribution < 1.29 is 9.59 Å². The zero-order chi connectivity index (χ0) is 38.9. The molecule has 5 nitrogen and oxygen atoms in total. The Balaban J connectivity index is 2.13. The Labute approximate surface area is 337 Å². The van der Waals surface area contributed by atoms with Crippen LogP contribution in [-0.2, 0) is 9.59 Å². The maximum absolute atomic E-state index is 14.8. The van der Waals surface area contributed by atoms with Gasteiger partial charge in [0.25, 0.3) is 0 Å². The summed E-state index contributed by atoms with van der Waals surface area (Å²) in [6, 6.07) is 0.124. The summed E-state index contributed by atoms with van der Waals surface area (Å²) in [5.74, 6) is 0.703. The van der Waals surface area contributed by atoms with Gasteiger partial charge in [-0.05, 0) is 96.2 Å². The van der Waals surface area contributed by atoms with Gasteiger partial charge in [0.2, 0.25) is 11.8 Å². The average molecular weight is 756 g/mol. The summed E-state index contributed by atoms with van der Waals surface area (Å²) in [5.41, 5.74) is 0. The van der Waals surface area contributed by atoms with Gasteiger partial charge in [0, 0.05) is 18.5 Å². The van der Waals surface area contributed by atoms with E-state index in [4.69, 9.17) is 0 Å². The van der Waals surface area contributed by atoms with Crippen molar-refractivity contribution in [2.75, 3.05) is 19.6 Å². The van der Waals surface area contributed by atoms with Crippen molar-refractivity contribution in [1.29, 1.82) is 0 Å². The predicted octanol–water partition coefficient (Wildman–Crippen LogP) is 13.9. The van der Waals surface area contributed by atoms with Crippen molar-refractivity contribution in [2.45, 2.75) is 264 Å². The van der Waals surface area contributed by atoms with Crippen LogP contribution in [0.4, 0.5) is 0 Å². The second-order valence-corrected chi connectivity index (χ2v) is 17.6. The highest BCUT2D eigenvalue weighted by Gasteiger charge is 2.41. The molecule has 0 radical (unpaired) electrons. The van der Waals surface area contributed by atoms with Crippen LogP contribution in [0.25, 0.3) is 0 Å². The molecular formula is C49H93N3O2. The largest absolute Gasteiger partial charge is 0.352 e. The van der Waals surface area contributed by atoms with Crippen LogP contribution in [0.1, 0.15) is 246 Å². The topological polar surface area (TPSA) is 52.7 Å². The molecule has 1 aliphatic heterocycles. The van der Waals surface area contributed by atoms with E-state index in [-0.39, 0.29) is 35.9 Å². The maximum atomic E-state index is 14.8. The summed E-state index contributed by atoms with van der Waals surface area (Å²) >= 11 is 0. The van der Waals surface area contributed by atoms with E-state index in [2.05, 4.69) is 55.0 Å². The zero-order valence-electron chi connectivity index (χ0n) is 36.8. The Kier molecular flexibility index (Phi) is 30.5. The van der Waals surface area contributed by atoms with Crippen molar-refractivity contribution in [2.24, 2.45) is 5.92 Å². The molecule has 1 heterocycles. The lowest BCUT2D eigenvalue weighted by atomic mass is 9.85.